The first-order valence-electron chi connectivity index (χ1n) is 33.4. The van der Waals surface area contributed by atoms with Gasteiger partial charge in [-0.3, -0.25) is 9.36 Å². The van der Waals surface area contributed by atoms with E-state index in [-0.39, 0.29) is 19.1 Å². The molecule has 8 nitrogen and oxygen atoms in total. The average Bonchev–Trinajstić information content (AvgIpc) is 3.42. The van der Waals surface area contributed by atoms with Crippen molar-refractivity contribution in [1.82, 2.24) is 5.32 Å². The number of allylic oxidation sites excluding steroid dienone is 13. The number of amides is 1. The Bertz CT molecular complexity index is 1560. The summed E-state index contributed by atoms with van der Waals surface area (Å²) in [6.07, 6.45) is 85.4. The minimum atomic E-state index is -4.61. The molecular formula is C70H129N2O6P. The van der Waals surface area contributed by atoms with E-state index in [4.69, 9.17) is 9.05 Å². The molecule has 79 heavy (non-hydrogen) atoms. The summed E-state index contributed by atoms with van der Waals surface area (Å²) in [5.74, 6) is -0.199. The Morgan fingerprint density at radius 2 is 0.772 bits per heavy atom. The van der Waals surface area contributed by atoms with Crippen LogP contribution in [0.15, 0.2) is 85.1 Å². The van der Waals surface area contributed by atoms with Gasteiger partial charge in [-0.05, 0) is 70.6 Å². The fraction of sp³-hybridized carbons (Fsp3) is 0.786. The van der Waals surface area contributed by atoms with Crippen molar-refractivity contribution in [3.05, 3.63) is 85.1 Å². The lowest BCUT2D eigenvalue weighted by molar-refractivity contribution is -0.870. The van der Waals surface area contributed by atoms with E-state index < -0.39 is 20.0 Å². The standard InChI is InChI=1S/C70H129N2O6P/c1-6-8-10-12-14-16-18-20-22-24-26-28-30-32-34-35-36-37-38-40-42-44-46-48-50-52-54-56-58-60-62-64-70(74)71-68(67-78-79(75,76)77-66-65-72(3,4)5)69(73)63-61-59-57-55-53-51-49-47-45-43-41-39-33-31-29-27-25-23-21-19-17-15-13-11-9-7-2/h8,10,14,16,20,22,26,28,32,34,36-37,61,63,68-69,73H,6-7,9,11-13,15,17-19,21,23-25,27,29-31,33,35,38-60,62,64-67H2,1-5H3,(H-,71,74,75,76)/b10-8-,16-14-,22-20-,28-26-,34-32-,37-36-,63-61+. The van der Waals surface area contributed by atoms with E-state index in [1.54, 1.807) is 6.08 Å². The highest BCUT2D eigenvalue weighted by Crippen LogP contribution is 2.38. The number of hydrogen-bond donors (Lipinski definition) is 2. The third kappa shape index (κ3) is 63.1. The summed E-state index contributed by atoms with van der Waals surface area (Å²) in [4.78, 5) is 25.6. The van der Waals surface area contributed by atoms with Gasteiger partial charge in [0.25, 0.3) is 7.82 Å². The summed E-state index contributed by atoms with van der Waals surface area (Å²) in [6.45, 7) is 4.57. The Morgan fingerprint density at radius 3 is 1.13 bits per heavy atom. The second-order valence-electron chi connectivity index (χ2n) is 23.8. The molecule has 0 aliphatic carbocycles. The van der Waals surface area contributed by atoms with Crippen LogP contribution in [0.2, 0.25) is 0 Å². The van der Waals surface area contributed by atoms with Gasteiger partial charge >= 0.3 is 0 Å². The molecule has 0 aromatic heterocycles. The molecule has 0 rings (SSSR count). The number of nitrogens with one attached hydrogen (secondary N) is 1. The number of quaternary nitrogens is 1. The Kier molecular flexibility index (Phi) is 58.5. The Balaban J connectivity index is 4.13. The topological polar surface area (TPSA) is 108 Å². The van der Waals surface area contributed by atoms with Gasteiger partial charge in [-0.25, -0.2) is 0 Å². The summed E-state index contributed by atoms with van der Waals surface area (Å²) >= 11 is 0. The van der Waals surface area contributed by atoms with Crippen molar-refractivity contribution in [1.29, 1.82) is 0 Å². The first kappa shape index (κ1) is 76.7. The van der Waals surface area contributed by atoms with E-state index in [0.29, 0.717) is 17.4 Å². The zero-order chi connectivity index (χ0) is 57.7. The van der Waals surface area contributed by atoms with Crippen LogP contribution in [0, 0.1) is 0 Å². The SMILES string of the molecule is CC/C=C\C/C=C\C/C=C\C/C=C\C/C=C\C/C=C\CCCCCCCCCCCCCCC(=O)NC(COP(=O)([O-])OCC[N+](C)(C)C)C(O)/C=C/CCCCCCCCCCCCCCCCCCCCCCCCCC. The smallest absolute Gasteiger partial charge is 0.268 e. The van der Waals surface area contributed by atoms with Crippen LogP contribution in [0.3, 0.4) is 0 Å². The zero-order valence-corrected chi connectivity index (χ0v) is 53.5. The van der Waals surface area contributed by atoms with Crippen molar-refractivity contribution >= 4 is 13.7 Å². The molecule has 0 bridgehead atoms. The van der Waals surface area contributed by atoms with Crippen LogP contribution in [0.5, 0.6) is 0 Å². The molecular weight excluding hydrogens is 996 g/mol. The summed E-state index contributed by atoms with van der Waals surface area (Å²) in [6, 6.07) is -0.894. The Labute approximate surface area is 490 Å². The van der Waals surface area contributed by atoms with Crippen molar-refractivity contribution in [3.63, 3.8) is 0 Å². The molecule has 2 N–H and O–H groups in total. The molecule has 0 aromatic carbocycles. The normalized spacial score (nSPS) is 14.3. The number of unbranched alkanes of at least 4 members (excludes halogenated alkanes) is 36. The lowest BCUT2D eigenvalue weighted by Gasteiger charge is -2.29. The second kappa shape index (κ2) is 60.3. The van der Waals surface area contributed by atoms with Gasteiger partial charge in [0.2, 0.25) is 5.91 Å². The van der Waals surface area contributed by atoms with Crippen LogP contribution in [0.1, 0.15) is 303 Å². The number of likely N-dealkylation sites (N-methyl/N-ethyl adjacent to an activating group) is 1. The molecule has 0 radical (unpaired) electrons. The number of aliphatic hydroxyl groups excluding tert-OH is 1. The summed E-state index contributed by atoms with van der Waals surface area (Å²) in [7, 11) is 1.26. The Morgan fingerprint density at radius 1 is 0.456 bits per heavy atom. The number of phosphoric acid groups is 1. The first-order chi connectivity index (χ1) is 38.5. The molecule has 3 unspecified atom stereocenters. The zero-order valence-electron chi connectivity index (χ0n) is 52.6. The number of aliphatic hydroxyl groups is 1. The van der Waals surface area contributed by atoms with Crippen LogP contribution < -0.4 is 10.2 Å². The van der Waals surface area contributed by atoms with E-state index in [0.717, 1.165) is 77.0 Å². The minimum absolute atomic E-state index is 0.00378. The van der Waals surface area contributed by atoms with Gasteiger partial charge in [-0.2, -0.15) is 0 Å². The number of carbonyl (C=O) groups is 1. The fourth-order valence-electron chi connectivity index (χ4n) is 9.69. The largest absolute Gasteiger partial charge is 0.756 e. The van der Waals surface area contributed by atoms with E-state index in [2.05, 4.69) is 92.1 Å². The number of nitrogens with zero attached hydrogens (tertiary/aromatic N) is 1. The van der Waals surface area contributed by atoms with Gasteiger partial charge in [0, 0.05) is 6.42 Å². The molecule has 0 saturated carbocycles. The predicted molar refractivity (Wildman–Crippen MR) is 343 cm³/mol. The number of hydrogen-bond acceptors (Lipinski definition) is 6. The van der Waals surface area contributed by atoms with Gasteiger partial charge in [-0.15, -0.1) is 0 Å². The molecule has 0 fully saturated rings. The molecule has 1 amide bonds. The highest BCUT2D eigenvalue weighted by Gasteiger charge is 2.23. The number of carbonyl (C=O) groups excluding carboxylic acids is 1. The third-order valence-electron chi connectivity index (χ3n) is 14.9. The van der Waals surface area contributed by atoms with E-state index >= 15 is 0 Å². The van der Waals surface area contributed by atoms with Gasteiger partial charge < -0.3 is 28.8 Å². The maximum atomic E-state index is 13.0. The lowest BCUT2D eigenvalue weighted by Crippen LogP contribution is -2.45. The summed E-state index contributed by atoms with van der Waals surface area (Å²) in [5.41, 5.74) is 0. The quantitative estimate of drug-likeness (QED) is 0.0272. The molecule has 0 aliphatic rings. The number of rotatable bonds is 61. The van der Waals surface area contributed by atoms with E-state index in [9.17, 15) is 19.4 Å². The van der Waals surface area contributed by atoms with Crippen molar-refractivity contribution < 1.29 is 32.9 Å². The van der Waals surface area contributed by atoms with E-state index in [1.807, 2.05) is 27.2 Å². The predicted octanol–water partition coefficient (Wildman–Crippen LogP) is 20.5. The molecule has 3 atom stereocenters. The van der Waals surface area contributed by atoms with Gasteiger partial charge in [0.05, 0.1) is 39.9 Å². The number of phosphoric ester groups is 1. The molecule has 0 spiro atoms. The van der Waals surface area contributed by atoms with Crippen LogP contribution >= 0.6 is 7.82 Å². The monoisotopic (exact) mass is 1120 g/mol. The maximum Gasteiger partial charge on any atom is 0.268 e. The highest BCUT2D eigenvalue weighted by molar-refractivity contribution is 7.45. The van der Waals surface area contributed by atoms with Gasteiger partial charge in [0.1, 0.15) is 13.2 Å². The highest BCUT2D eigenvalue weighted by atomic mass is 31.2. The molecule has 0 saturated heterocycles. The molecule has 0 aliphatic heterocycles. The Hall–Kier alpha value is -2.32. The lowest BCUT2D eigenvalue weighted by atomic mass is 10.0. The summed E-state index contributed by atoms with van der Waals surface area (Å²) < 4.78 is 23.4. The third-order valence-corrected chi connectivity index (χ3v) is 15.8. The average molecular weight is 1130 g/mol. The minimum Gasteiger partial charge on any atom is -0.756 e. The fourth-order valence-corrected chi connectivity index (χ4v) is 10.4. The molecule has 0 heterocycles. The van der Waals surface area contributed by atoms with E-state index in [1.165, 1.54) is 205 Å². The molecule has 460 valence electrons. The van der Waals surface area contributed by atoms with Crippen LogP contribution in [0.4, 0.5) is 0 Å². The van der Waals surface area contributed by atoms with Gasteiger partial charge in [-0.1, -0.05) is 311 Å². The molecule has 9 heteroatoms. The maximum absolute atomic E-state index is 13.0. The first-order valence-corrected chi connectivity index (χ1v) is 34.9. The van der Waals surface area contributed by atoms with Crippen molar-refractivity contribution in [2.75, 3.05) is 40.9 Å². The second-order valence-corrected chi connectivity index (χ2v) is 25.2. The van der Waals surface area contributed by atoms with Crippen LogP contribution in [0.25, 0.3) is 0 Å². The van der Waals surface area contributed by atoms with Gasteiger partial charge in [0.15, 0.2) is 0 Å². The van der Waals surface area contributed by atoms with Crippen molar-refractivity contribution in [3.8, 4) is 0 Å². The van der Waals surface area contributed by atoms with Crippen LogP contribution in [-0.4, -0.2) is 68.5 Å². The van der Waals surface area contributed by atoms with Crippen molar-refractivity contribution in [2.24, 2.45) is 0 Å². The molecule has 0 aromatic rings. The summed E-state index contributed by atoms with van der Waals surface area (Å²) in [5, 5.41) is 14.0. The van der Waals surface area contributed by atoms with Crippen LogP contribution in [-0.2, 0) is 18.4 Å². The van der Waals surface area contributed by atoms with Crippen molar-refractivity contribution in [2.45, 2.75) is 315 Å².